The molecule has 8 heteroatoms. The number of halogens is 1. The average Bonchev–Trinajstić information content (AvgIpc) is 2.90. The Morgan fingerprint density at radius 3 is 2.89 bits per heavy atom. The van der Waals surface area contributed by atoms with Gasteiger partial charge in [-0.05, 0) is 25.5 Å². The molecule has 0 bridgehead atoms. The molecule has 2 saturated heterocycles. The number of ether oxygens (including phenoxy) is 1. The Hall–Kier alpha value is -2.19. The van der Waals surface area contributed by atoms with Crippen LogP contribution < -0.4 is 10.2 Å². The third-order valence-electron chi connectivity index (χ3n) is 6.14. The van der Waals surface area contributed by atoms with Crippen molar-refractivity contribution in [2.45, 2.75) is 38.4 Å². The first-order valence-corrected chi connectivity index (χ1v) is 10.2. The molecule has 150 valence electrons. The molecular formula is C20H26FN5O2. The monoisotopic (exact) mass is 387 g/mol. The van der Waals surface area contributed by atoms with Crippen LogP contribution in [0.25, 0.3) is 11.0 Å². The standard InChI is InChI=1S/C20H26FN5O2/c21-19-16-10-15(24-5-1-6-24)11-23-20(16)26-8-7-25(12-17(19)26)18(27)3-9-28-13-14-2-4-22-14/h10-11,14,22H,1-9,12-13H2. The number of aromatic nitrogens is 2. The van der Waals surface area contributed by atoms with E-state index in [1.807, 2.05) is 16.8 Å². The average molecular weight is 387 g/mol. The lowest BCUT2D eigenvalue weighted by Gasteiger charge is -2.32. The fraction of sp³-hybridized carbons (Fsp3) is 0.600. The van der Waals surface area contributed by atoms with Gasteiger partial charge in [0.05, 0.1) is 49.1 Å². The number of pyridine rings is 1. The van der Waals surface area contributed by atoms with Crippen molar-refractivity contribution in [1.29, 1.82) is 0 Å². The van der Waals surface area contributed by atoms with E-state index in [9.17, 15) is 4.79 Å². The molecule has 28 heavy (non-hydrogen) atoms. The minimum absolute atomic E-state index is 0.0201. The fourth-order valence-electron chi connectivity index (χ4n) is 4.10. The lowest BCUT2D eigenvalue weighted by atomic mass is 10.1. The fourth-order valence-corrected chi connectivity index (χ4v) is 4.10. The second-order valence-corrected chi connectivity index (χ2v) is 7.90. The third kappa shape index (κ3) is 3.14. The van der Waals surface area contributed by atoms with Gasteiger partial charge in [-0.2, -0.15) is 0 Å². The SMILES string of the molecule is O=C(CCOCC1CCN1)N1CCn2c(c(F)c3cc(N4CCC4)cnc32)C1. The number of hydrogen-bond acceptors (Lipinski definition) is 5. The van der Waals surface area contributed by atoms with E-state index in [0.29, 0.717) is 62.0 Å². The zero-order valence-electron chi connectivity index (χ0n) is 16.0. The van der Waals surface area contributed by atoms with Gasteiger partial charge in [-0.25, -0.2) is 9.37 Å². The molecular weight excluding hydrogens is 361 g/mol. The van der Waals surface area contributed by atoms with Crippen LogP contribution in [0.1, 0.15) is 25.0 Å². The molecule has 0 saturated carbocycles. The zero-order chi connectivity index (χ0) is 19.1. The van der Waals surface area contributed by atoms with E-state index in [0.717, 1.165) is 31.7 Å². The van der Waals surface area contributed by atoms with E-state index < -0.39 is 0 Å². The molecule has 2 fully saturated rings. The number of anilines is 1. The molecule has 2 aromatic heterocycles. The van der Waals surface area contributed by atoms with Crippen LogP contribution in [0.5, 0.6) is 0 Å². The molecule has 1 amide bonds. The number of nitrogens with one attached hydrogen (secondary N) is 1. The van der Waals surface area contributed by atoms with E-state index in [-0.39, 0.29) is 11.7 Å². The molecule has 3 aliphatic heterocycles. The van der Waals surface area contributed by atoms with Gasteiger partial charge >= 0.3 is 0 Å². The van der Waals surface area contributed by atoms with Crippen molar-refractivity contribution in [2.75, 3.05) is 44.3 Å². The summed E-state index contributed by atoms with van der Waals surface area (Å²) < 4.78 is 22.6. The van der Waals surface area contributed by atoms with Gasteiger partial charge in [0.1, 0.15) is 5.65 Å². The predicted octanol–water partition coefficient (Wildman–Crippen LogP) is 1.50. The van der Waals surface area contributed by atoms with E-state index in [2.05, 4.69) is 15.2 Å². The van der Waals surface area contributed by atoms with Crippen molar-refractivity contribution < 1.29 is 13.9 Å². The van der Waals surface area contributed by atoms with Crippen LogP contribution >= 0.6 is 0 Å². The highest BCUT2D eigenvalue weighted by Crippen LogP contribution is 2.31. The molecule has 7 nitrogen and oxygen atoms in total. The van der Waals surface area contributed by atoms with Gasteiger partial charge in [-0.1, -0.05) is 0 Å². The van der Waals surface area contributed by atoms with Gasteiger partial charge < -0.3 is 24.4 Å². The minimum Gasteiger partial charge on any atom is -0.379 e. The van der Waals surface area contributed by atoms with Gasteiger partial charge in [0.25, 0.3) is 0 Å². The number of rotatable bonds is 6. The normalized spacial score (nSPS) is 21.4. The van der Waals surface area contributed by atoms with E-state index in [1.165, 1.54) is 6.42 Å². The first-order chi connectivity index (χ1) is 13.7. The summed E-state index contributed by atoms with van der Waals surface area (Å²) in [6.45, 7) is 5.58. The van der Waals surface area contributed by atoms with Crippen LogP contribution in [0.4, 0.5) is 10.1 Å². The summed E-state index contributed by atoms with van der Waals surface area (Å²) in [6, 6.07) is 2.33. The smallest absolute Gasteiger partial charge is 0.225 e. The number of amides is 1. The van der Waals surface area contributed by atoms with Crippen molar-refractivity contribution in [3.63, 3.8) is 0 Å². The molecule has 1 N–H and O–H groups in total. The van der Waals surface area contributed by atoms with Crippen LogP contribution in [0.15, 0.2) is 12.3 Å². The second-order valence-electron chi connectivity index (χ2n) is 7.90. The summed E-state index contributed by atoms with van der Waals surface area (Å²) in [5, 5.41) is 3.83. The Labute approximate surface area is 163 Å². The molecule has 1 unspecified atom stereocenters. The van der Waals surface area contributed by atoms with Crippen LogP contribution in [0.3, 0.4) is 0 Å². The third-order valence-corrected chi connectivity index (χ3v) is 6.14. The Morgan fingerprint density at radius 2 is 2.18 bits per heavy atom. The van der Waals surface area contributed by atoms with Crippen molar-refractivity contribution in [3.05, 3.63) is 23.8 Å². The van der Waals surface area contributed by atoms with Crippen LogP contribution in [-0.2, 0) is 22.6 Å². The maximum Gasteiger partial charge on any atom is 0.225 e. The van der Waals surface area contributed by atoms with Gasteiger partial charge in [0.2, 0.25) is 5.91 Å². The number of fused-ring (bicyclic) bond motifs is 3. The molecule has 1 atom stereocenters. The quantitative estimate of drug-likeness (QED) is 0.761. The van der Waals surface area contributed by atoms with Gasteiger partial charge in [0.15, 0.2) is 5.82 Å². The highest BCUT2D eigenvalue weighted by molar-refractivity contribution is 5.83. The molecule has 5 rings (SSSR count). The van der Waals surface area contributed by atoms with Crippen molar-refractivity contribution >= 4 is 22.6 Å². The second kappa shape index (κ2) is 7.33. The zero-order valence-corrected chi connectivity index (χ0v) is 16.0. The summed E-state index contributed by atoms with van der Waals surface area (Å²) in [7, 11) is 0. The molecule has 2 aromatic rings. The van der Waals surface area contributed by atoms with Crippen molar-refractivity contribution in [3.8, 4) is 0 Å². The van der Waals surface area contributed by atoms with E-state index in [4.69, 9.17) is 4.74 Å². The highest BCUT2D eigenvalue weighted by atomic mass is 19.1. The first kappa shape index (κ1) is 17.9. The molecule has 5 heterocycles. The molecule has 3 aliphatic rings. The number of carbonyl (C=O) groups excluding carboxylic acids is 1. The number of carbonyl (C=O) groups is 1. The Kier molecular flexibility index (Phi) is 4.68. The van der Waals surface area contributed by atoms with Gasteiger partial charge in [-0.3, -0.25) is 4.79 Å². The van der Waals surface area contributed by atoms with E-state index >= 15 is 4.39 Å². The summed E-state index contributed by atoms with van der Waals surface area (Å²) >= 11 is 0. The molecule has 0 spiro atoms. The van der Waals surface area contributed by atoms with Gasteiger partial charge in [0, 0.05) is 32.2 Å². The lowest BCUT2D eigenvalue weighted by molar-refractivity contribution is -0.133. The Morgan fingerprint density at radius 1 is 1.32 bits per heavy atom. The largest absolute Gasteiger partial charge is 0.379 e. The highest BCUT2D eigenvalue weighted by Gasteiger charge is 2.28. The maximum absolute atomic E-state index is 15.1. The number of nitrogens with zero attached hydrogens (tertiary/aromatic N) is 4. The van der Waals surface area contributed by atoms with Crippen molar-refractivity contribution in [2.24, 2.45) is 0 Å². The summed E-state index contributed by atoms with van der Waals surface area (Å²) in [6.07, 6.45) is 4.48. The molecule has 0 aliphatic carbocycles. The van der Waals surface area contributed by atoms with Crippen LogP contribution in [-0.4, -0.2) is 65.8 Å². The summed E-state index contributed by atoms with van der Waals surface area (Å²) in [5.41, 5.74) is 2.22. The first-order valence-electron chi connectivity index (χ1n) is 10.2. The number of hydrogen-bond donors (Lipinski definition) is 1. The van der Waals surface area contributed by atoms with Gasteiger partial charge in [-0.15, -0.1) is 0 Å². The van der Waals surface area contributed by atoms with Crippen LogP contribution in [0.2, 0.25) is 0 Å². The molecule has 0 aromatic carbocycles. The topological polar surface area (TPSA) is 62.6 Å². The minimum atomic E-state index is -0.241. The Balaban J connectivity index is 1.26. The van der Waals surface area contributed by atoms with Crippen LogP contribution in [0, 0.1) is 5.82 Å². The Bertz CT molecular complexity index is 890. The predicted molar refractivity (Wildman–Crippen MR) is 104 cm³/mol. The summed E-state index contributed by atoms with van der Waals surface area (Å²) in [5.74, 6) is -0.221. The molecule has 0 radical (unpaired) electrons. The lowest BCUT2D eigenvalue weighted by Crippen LogP contribution is -2.46. The maximum atomic E-state index is 15.1. The summed E-state index contributed by atoms with van der Waals surface area (Å²) in [4.78, 5) is 21.0. The van der Waals surface area contributed by atoms with E-state index in [1.54, 1.807) is 4.90 Å². The van der Waals surface area contributed by atoms with Crippen molar-refractivity contribution in [1.82, 2.24) is 19.8 Å².